The van der Waals surface area contributed by atoms with Gasteiger partial charge in [-0.15, -0.1) is 0 Å². The van der Waals surface area contributed by atoms with Crippen molar-refractivity contribution in [3.63, 3.8) is 0 Å². The Morgan fingerprint density at radius 3 is 1.97 bits per heavy atom. The van der Waals surface area contributed by atoms with Crippen molar-refractivity contribution < 1.29 is 18.3 Å². The number of rotatable bonds is 8. The van der Waals surface area contributed by atoms with Gasteiger partial charge in [-0.3, -0.25) is 10.2 Å². The third-order valence-electron chi connectivity index (χ3n) is 5.15. The first-order valence-corrected chi connectivity index (χ1v) is 12.0. The highest BCUT2D eigenvalue weighted by Gasteiger charge is 2.18. The second-order valence-corrected chi connectivity index (χ2v) is 10.4. The van der Waals surface area contributed by atoms with E-state index in [1.54, 1.807) is 7.05 Å². The molecule has 2 rings (SSSR count). The molecule has 2 aromatic rings. The SMILES string of the molecule is CN/C(=C(/O)C(=N)/C(C)=N/NC(=O)c1ccc(S(=O)(=O)NC)cc1)c1ccc(C(C)(C)C)cc1. The van der Waals surface area contributed by atoms with E-state index < -0.39 is 15.9 Å². The van der Waals surface area contributed by atoms with Gasteiger partial charge >= 0.3 is 0 Å². The fraction of sp³-hybridized carbons (Fsp3) is 0.292. The van der Waals surface area contributed by atoms with Crippen molar-refractivity contribution >= 4 is 33.1 Å². The van der Waals surface area contributed by atoms with Gasteiger partial charge in [-0.25, -0.2) is 18.6 Å². The van der Waals surface area contributed by atoms with Gasteiger partial charge in [-0.2, -0.15) is 5.10 Å². The van der Waals surface area contributed by atoms with Crippen LogP contribution < -0.4 is 15.5 Å². The Hall–Kier alpha value is -3.50. The van der Waals surface area contributed by atoms with E-state index in [0.29, 0.717) is 11.3 Å². The second-order valence-electron chi connectivity index (χ2n) is 8.55. The Bertz CT molecular complexity index is 1220. The zero-order chi connectivity index (χ0) is 25.7. The normalized spacial score (nSPS) is 13.2. The molecule has 0 bridgehead atoms. The summed E-state index contributed by atoms with van der Waals surface area (Å²) < 4.78 is 25.8. The van der Waals surface area contributed by atoms with E-state index in [9.17, 15) is 18.3 Å². The Morgan fingerprint density at radius 2 is 1.50 bits per heavy atom. The maximum absolute atomic E-state index is 12.4. The van der Waals surface area contributed by atoms with Gasteiger partial charge < -0.3 is 10.4 Å². The number of sulfonamides is 1. The highest BCUT2D eigenvalue weighted by molar-refractivity contribution is 7.89. The lowest BCUT2D eigenvalue weighted by atomic mass is 9.86. The summed E-state index contributed by atoms with van der Waals surface area (Å²) in [4.78, 5) is 12.4. The molecule has 5 N–H and O–H groups in total. The molecule has 0 aliphatic rings. The molecule has 182 valence electrons. The van der Waals surface area contributed by atoms with Gasteiger partial charge in [-0.05, 0) is 49.2 Å². The summed E-state index contributed by atoms with van der Waals surface area (Å²) in [5, 5.41) is 25.8. The van der Waals surface area contributed by atoms with Crippen LogP contribution in [0.5, 0.6) is 0 Å². The van der Waals surface area contributed by atoms with E-state index in [1.165, 1.54) is 38.2 Å². The van der Waals surface area contributed by atoms with Gasteiger partial charge in [-0.1, -0.05) is 45.0 Å². The van der Waals surface area contributed by atoms with Gasteiger partial charge in [0.1, 0.15) is 5.71 Å². The molecule has 0 aromatic heterocycles. The maximum Gasteiger partial charge on any atom is 0.271 e. The molecule has 2 aromatic carbocycles. The number of allylic oxidation sites excluding steroid dienone is 1. The smallest absolute Gasteiger partial charge is 0.271 e. The molecule has 1 amide bonds. The molecule has 0 saturated heterocycles. The molecule has 0 aliphatic heterocycles. The molecule has 10 heteroatoms. The zero-order valence-electron chi connectivity index (χ0n) is 20.1. The van der Waals surface area contributed by atoms with Crippen molar-refractivity contribution in [2.24, 2.45) is 5.10 Å². The topological polar surface area (TPSA) is 144 Å². The molecule has 0 fully saturated rings. The first kappa shape index (κ1) is 26.7. The van der Waals surface area contributed by atoms with Crippen LogP contribution in [0.3, 0.4) is 0 Å². The van der Waals surface area contributed by atoms with Crippen LogP contribution in [-0.4, -0.2) is 45.0 Å². The first-order chi connectivity index (χ1) is 15.8. The van der Waals surface area contributed by atoms with E-state index in [-0.39, 0.29) is 33.1 Å². The quantitative estimate of drug-likeness (QED) is 0.222. The summed E-state index contributed by atoms with van der Waals surface area (Å²) in [6.07, 6.45) is 0. The Kier molecular flexibility index (Phi) is 8.36. The van der Waals surface area contributed by atoms with Crippen molar-refractivity contribution in [1.29, 1.82) is 5.41 Å². The van der Waals surface area contributed by atoms with Gasteiger partial charge in [0.25, 0.3) is 5.91 Å². The molecule has 9 nitrogen and oxygen atoms in total. The van der Waals surface area contributed by atoms with Gasteiger partial charge in [0, 0.05) is 18.2 Å². The van der Waals surface area contributed by atoms with Crippen LogP contribution in [0.25, 0.3) is 5.70 Å². The van der Waals surface area contributed by atoms with Crippen molar-refractivity contribution in [1.82, 2.24) is 15.5 Å². The number of hydrogen-bond acceptors (Lipinski definition) is 7. The van der Waals surface area contributed by atoms with Crippen molar-refractivity contribution in [3.8, 4) is 0 Å². The molecule has 0 unspecified atom stereocenters. The van der Waals surface area contributed by atoms with E-state index in [1.807, 2.05) is 24.3 Å². The third kappa shape index (κ3) is 6.30. The summed E-state index contributed by atoms with van der Waals surface area (Å²) >= 11 is 0. The van der Waals surface area contributed by atoms with Crippen LogP contribution in [0, 0.1) is 5.41 Å². The van der Waals surface area contributed by atoms with Gasteiger partial charge in [0.05, 0.1) is 16.3 Å². The number of nitrogens with one attached hydrogen (secondary N) is 4. The predicted octanol–water partition coefficient (Wildman–Crippen LogP) is 3.16. The Morgan fingerprint density at radius 1 is 0.971 bits per heavy atom. The molecule has 0 saturated carbocycles. The number of hydrogen-bond donors (Lipinski definition) is 5. The molecule has 34 heavy (non-hydrogen) atoms. The second kappa shape index (κ2) is 10.6. The highest BCUT2D eigenvalue weighted by Crippen LogP contribution is 2.24. The predicted molar refractivity (Wildman–Crippen MR) is 135 cm³/mol. The fourth-order valence-corrected chi connectivity index (χ4v) is 3.72. The molecule has 0 heterocycles. The third-order valence-corrected chi connectivity index (χ3v) is 6.58. The Labute approximate surface area is 200 Å². The number of nitrogens with zero attached hydrogens (tertiary/aromatic N) is 1. The van der Waals surface area contributed by atoms with E-state index in [0.717, 1.165) is 5.56 Å². The number of benzene rings is 2. The summed E-state index contributed by atoms with van der Waals surface area (Å²) in [5.74, 6) is -0.904. The number of aliphatic hydroxyl groups is 1. The summed E-state index contributed by atoms with van der Waals surface area (Å²) in [6, 6.07) is 13.0. The molecule has 0 atom stereocenters. The molecular formula is C24H31N5O4S. The maximum atomic E-state index is 12.4. The van der Waals surface area contributed by atoms with Crippen molar-refractivity contribution in [2.75, 3.05) is 14.1 Å². The highest BCUT2D eigenvalue weighted by atomic mass is 32.2. The minimum atomic E-state index is -3.61. The van der Waals surface area contributed by atoms with Gasteiger partial charge in [0.2, 0.25) is 10.0 Å². The summed E-state index contributed by atoms with van der Waals surface area (Å²) in [7, 11) is -0.667. The standard InChI is InChI=1S/C24H31N5O4S/c1-15(28-29-23(31)17-9-13-19(14-10-17)34(32,33)27-6)20(25)22(30)21(26-5)16-7-11-18(12-8-16)24(2,3)4/h7-14,25-27,30H,1-6H3,(H,29,31)/b22-21+,25-20?,28-15+. The zero-order valence-corrected chi connectivity index (χ0v) is 21.0. The van der Waals surface area contributed by atoms with Crippen LogP contribution in [0.15, 0.2) is 64.3 Å². The average Bonchev–Trinajstić information content (AvgIpc) is 2.82. The average molecular weight is 486 g/mol. The molecule has 0 aliphatic carbocycles. The summed E-state index contributed by atoms with van der Waals surface area (Å²) in [5.41, 5.74) is 4.50. The van der Waals surface area contributed by atoms with E-state index >= 15 is 0 Å². The van der Waals surface area contributed by atoms with Crippen molar-refractivity contribution in [3.05, 3.63) is 71.0 Å². The largest absolute Gasteiger partial charge is 0.504 e. The fourth-order valence-electron chi connectivity index (χ4n) is 2.99. The lowest BCUT2D eigenvalue weighted by molar-refractivity contribution is 0.0954. The lowest BCUT2D eigenvalue weighted by Crippen LogP contribution is -2.24. The Balaban J connectivity index is 2.19. The number of carbonyl (C=O) groups is 1. The number of carbonyl (C=O) groups excluding carboxylic acids is 1. The van der Waals surface area contributed by atoms with Crippen LogP contribution in [0.1, 0.15) is 49.2 Å². The minimum Gasteiger partial charge on any atom is -0.504 e. The summed E-state index contributed by atoms with van der Waals surface area (Å²) in [6.45, 7) is 7.81. The monoisotopic (exact) mass is 485 g/mol. The number of amides is 1. The first-order valence-electron chi connectivity index (χ1n) is 10.5. The van der Waals surface area contributed by atoms with Gasteiger partial charge in [0.15, 0.2) is 5.76 Å². The lowest BCUT2D eigenvalue weighted by Gasteiger charge is -2.20. The van der Waals surface area contributed by atoms with Crippen LogP contribution in [0.4, 0.5) is 0 Å². The number of hydrazone groups is 1. The van der Waals surface area contributed by atoms with E-state index in [2.05, 4.69) is 41.3 Å². The van der Waals surface area contributed by atoms with Crippen LogP contribution in [0.2, 0.25) is 0 Å². The van der Waals surface area contributed by atoms with Crippen LogP contribution in [-0.2, 0) is 15.4 Å². The molecule has 0 radical (unpaired) electrons. The molecule has 0 spiro atoms. The van der Waals surface area contributed by atoms with E-state index in [4.69, 9.17) is 5.41 Å². The minimum absolute atomic E-state index is 0.0142. The van der Waals surface area contributed by atoms with Crippen molar-refractivity contribution in [2.45, 2.75) is 38.0 Å². The molecular weight excluding hydrogens is 454 g/mol. The number of aliphatic hydroxyl groups excluding tert-OH is 1. The van der Waals surface area contributed by atoms with Crippen LogP contribution >= 0.6 is 0 Å².